The summed E-state index contributed by atoms with van der Waals surface area (Å²) in [5, 5.41) is 2.90. The summed E-state index contributed by atoms with van der Waals surface area (Å²) in [5.41, 5.74) is 3.30. The lowest BCUT2D eigenvalue weighted by Gasteiger charge is -2.16. The van der Waals surface area contributed by atoms with Crippen LogP contribution in [0.1, 0.15) is 30.5 Å². The van der Waals surface area contributed by atoms with Gasteiger partial charge in [-0.25, -0.2) is 0 Å². The smallest absolute Gasteiger partial charge is 0.261 e. The van der Waals surface area contributed by atoms with Gasteiger partial charge >= 0.3 is 0 Å². The Kier molecular flexibility index (Phi) is 6.24. The van der Waals surface area contributed by atoms with Crippen LogP contribution in [0.4, 0.5) is 0 Å². The van der Waals surface area contributed by atoms with Crippen LogP contribution in [0, 0.1) is 13.8 Å². The predicted molar refractivity (Wildman–Crippen MR) is 95.5 cm³/mol. The van der Waals surface area contributed by atoms with Crippen molar-refractivity contribution in [1.29, 1.82) is 0 Å². The van der Waals surface area contributed by atoms with Crippen LogP contribution in [0.5, 0.6) is 11.5 Å². The number of hydrogen-bond acceptors (Lipinski definition) is 3. The zero-order valence-corrected chi connectivity index (χ0v) is 14.8. The van der Waals surface area contributed by atoms with Gasteiger partial charge in [-0.1, -0.05) is 24.3 Å². The highest BCUT2D eigenvalue weighted by molar-refractivity contribution is 5.80. The van der Waals surface area contributed by atoms with Crippen molar-refractivity contribution >= 4 is 5.91 Å². The lowest BCUT2D eigenvalue weighted by atomic mass is 10.1. The van der Waals surface area contributed by atoms with E-state index in [0.29, 0.717) is 18.9 Å². The molecular formula is C20H25NO3. The van der Waals surface area contributed by atoms with Gasteiger partial charge in [0.25, 0.3) is 5.91 Å². The third-order valence-corrected chi connectivity index (χ3v) is 3.89. The molecule has 2 rings (SSSR count). The van der Waals surface area contributed by atoms with Gasteiger partial charge in [0.2, 0.25) is 0 Å². The molecule has 128 valence electrons. The molecule has 0 heterocycles. The summed E-state index contributed by atoms with van der Waals surface area (Å²) in [5.74, 6) is 1.35. The zero-order chi connectivity index (χ0) is 17.5. The molecule has 4 heteroatoms. The second-order valence-electron chi connectivity index (χ2n) is 5.76. The van der Waals surface area contributed by atoms with E-state index in [1.165, 1.54) is 5.56 Å². The molecule has 0 bridgehead atoms. The van der Waals surface area contributed by atoms with E-state index in [2.05, 4.69) is 5.32 Å². The van der Waals surface area contributed by atoms with Gasteiger partial charge in [0, 0.05) is 12.1 Å². The van der Waals surface area contributed by atoms with Gasteiger partial charge in [0.15, 0.2) is 6.10 Å². The van der Waals surface area contributed by atoms with Crippen molar-refractivity contribution in [3.05, 3.63) is 59.2 Å². The van der Waals surface area contributed by atoms with Crippen molar-refractivity contribution in [3.8, 4) is 11.5 Å². The van der Waals surface area contributed by atoms with Crippen molar-refractivity contribution in [2.75, 3.05) is 6.61 Å². The normalized spacial score (nSPS) is 11.7. The van der Waals surface area contributed by atoms with Crippen LogP contribution in [0.3, 0.4) is 0 Å². The maximum absolute atomic E-state index is 12.3. The number of para-hydroxylation sites is 1. The van der Waals surface area contributed by atoms with Gasteiger partial charge in [-0.05, 0) is 57.0 Å². The molecule has 0 unspecified atom stereocenters. The first-order valence-corrected chi connectivity index (χ1v) is 8.23. The lowest BCUT2D eigenvalue weighted by molar-refractivity contribution is -0.127. The molecule has 1 amide bonds. The van der Waals surface area contributed by atoms with Crippen LogP contribution in [0.2, 0.25) is 0 Å². The first-order valence-electron chi connectivity index (χ1n) is 8.23. The van der Waals surface area contributed by atoms with Crippen molar-refractivity contribution in [3.63, 3.8) is 0 Å². The van der Waals surface area contributed by atoms with E-state index in [1.807, 2.05) is 63.2 Å². The standard InChI is InChI=1S/C20H25NO3/c1-5-23-19-9-7-6-8-17(19)13-21-20(22)16(4)24-18-11-10-14(2)15(3)12-18/h6-12,16H,5,13H2,1-4H3,(H,21,22)/t16-/m1/s1. The summed E-state index contributed by atoms with van der Waals surface area (Å²) in [4.78, 5) is 12.3. The number of carbonyl (C=O) groups is 1. The summed E-state index contributed by atoms with van der Waals surface area (Å²) in [6.45, 7) is 8.77. The van der Waals surface area contributed by atoms with E-state index in [9.17, 15) is 4.79 Å². The molecule has 1 atom stereocenters. The molecule has 0 aliphatic rings. The van der Waals surface area contributed by atoms with E-state index in [1.54, 1.807) is 6.92 Å². The average Bonchev–Trinajstić information content (AvgIpc) is 2.57. The first kappa shape index (κ1) is 17.9. The Morgan fingerprint density at radius 3 is 2.58 bits per heavy atom. The fourth-order valence-corrected chi connectivity index (χ4v) is 2.32. The van der Waals surface area contributed by atoms with Gasteiger partial charge in [-0.15, -0.1) is 0 Å². The third-order valence-electron chi connectivity index (χ3n) is 3.89. The number of hydrogen-bond donors (Lipinski definition) is 1. The van der Waals surface area contributed by atoms with E-state index in [0.717, 1.165) is 16.9 Å². The molecule has 0 aliphatic carbocycles. The van der Waals surface area contributed by atoms with Gasteiger partial charge in [-0.2, -0.15) is 0 Å². The zero-order valence-electron chi connectivity index (χ0n) is 14.8. The Balaban J connectivity index is 1.93. The molecule has 24 heavy (non-hydrogen) atoms. The Morgan fingerprint density at radius 2 is 1.88 bits per heavy atom. The fourth-order valence-electron chi connectivity index (χ4n) is 2.32. The van der Waals surface area contributed by atoms with Gasteiger partial charge in [0.1, 0.15) is 11.5 Å². The third kappa shape index (κ3) is 4.75. The Bertz CT molecular complexity index is 697. The van der Waals surface area contributed by atoms with Crippen LogP contribution in [-0.2, 0) is 11.3 Å². The molecule has 0 aromatic heterocycles. The largest absolute Gasteiger partial charge is 0.494 e. The number of benzene rings is 2. The van der Waals surface area contributed by atoms with Crippen LogP contribution in [0.15, 0.2) is 42.5 Å². The van der Waals surface area contributed by atoms with E-state index < -0.39 is 6.10 Å². The summed E-state index contributed by atoms with van der Waals surface area (Å²) in [6.07, 6.45) is -0.564. The monoisotopic (exact) mass is 327 g/mol. The minimum absolute atomic E-state index is 0.153. The van der Waals surface area contributed by atoms with Crippen molar-refractivity contribution < 1.29 is 14.3 Å². The highest BCUT2D eigenvalue weighted by atomic mass is 16.5. The first-order chi connectivity index (χ1) is 11.5. The molecule has 0 saturated heterocycles. The summed E-state index contributed by atoms with van der Waals surface area (Å²) in [7, 11) is 0. The van der Waals surface area contributed by atoms with Crippen LogP contribution >= 0.6 is 0 Å². The highest BCUT2D eigenvalue weighted by Gasteiger charge is 2.15. The van der Waals surface area contributed by atoms with Crippen molar-refractivity contribution in [2.45, 2.75) is 40.3 Å². The topological polar surface area (TPSA) is 47.6 Å². The Hall–Kier alpha value is -2.49. The van der Waals surface area contributed by atoms with Crippen LogP contribution in [-0.4, -0.2) is 18.6 Å². The number of nitrogens with one attached hydrogen (secondary N) is 1. The van der Waals surface area contributed by atoms with Gasteiger partial charge in [-0.3, -0.25) is 4.79 Å². The number of rotatable bonds is 7. The molecule has 1 N–H and O–H groups in total. The molecule has 0 fully saturated rings. The molecule has 4 nitrogen and oxygen atoms in total. The Labute approximate surface area is 143 Å². The lowest BCUT2D eigenvalue weighted by Crippen LogP contribution is -2.36. The van der Waals surface area contributed by atoms with Crippen LogP contribution in [0.25, 0.3) is 0 Å². The molecule has 0 radical (unpaired) electrons. The average molecular weight is 327 g/mol. The predicted octanol–water partition coefficient (Wildman–Crippen LogP) is 3.79. The van der Waals surface area contributed by atoms with E-state index in [-0.39, 0.29) is 5.91 Å². The molecule has 2 aromatic rings. The van der Waals surface area contributed by atoms with Crippen molar-refractivity contribution in [2.24, 2.45) is 0 Å². The maximum atomic E-state index is 12.3. The minimum Gasteiger partial charge on any atom is -0.494 e. The maximum Gasteiger partial charge on any atom is 0.261 e. The summed E-state index contributed by atoms with van der Waals surface area (Å²) in [6, 6.07) is 13.5. The highest BCUT2D eigenvalue weighted by Crippen LogP contribution is 2.19. The number of carbonyl (C=O) groups excluding carboxylic acids is 1. The van der Waals surface area contributed by atoms with E-state index in [4.69, 9.17) is 9.47 Å². The summed E-state index contributed by atoms with van der Waals surface area (Å²) < 4.78 is 11.3. The minimum atomic E-state index is -0.564. The second kappa shape index (κ2) is 8.39. The van der Waals surface area contributed by atoms with Gasteiger partial charge < -0.3 is 14.8 Å². The van der Waals surface area contributed by atoms with Crippen molar-refractivity contribution in [1.82, 2.24) is 5.32 Å². The number of ether oxygens (including phenoxy) is 2. The molecule has 0 spiro atoms. The Morgan fingerprint density at radius 1 is 1.12 bits per heavy atom. The van der Waals surface area contributed by atoms with Crippen LogP contribution < -0.4 is 14.8 Å². The molecular weight excluding hydrogens is 302 g/mol. The second-order valence-corrected chi connectivity index (χ2v) is 5.76. The molecule has 0 saturated carbocycles. The molecule has 2 aromatic carbocycles. The number of amides is 1. The number of aryl methyl sites for hydroxylation is 2. The SMILES string of the molecule is CCOc1ccccc1CNC(=O)[C@@H](C)Oc1ccc(C)c(C)c1. The quantitative estimate of drug-likeness (QED) is 0.842. The summed E-state index contributed by atoms with van der Waals surface area (Å²) >= 11 is 0. The van der Waals surface area contributed by atoms with Gasteiger partial charge in [0.05, 0.1) is 6.61 Å². The van der Waals surface area contributed by atoms with E-state index >= 15 is 0 Å². The fraction of sp³-hybridized carbons (Fsp3) is 0.350. The molecule has 0 aliphatic heterocycles.